The van der Waals surface area contributed by atoms with Gasteiger partial charge >= 0.3 is 0 Å². The summed E-state index contributed by atoms with van der Waals surface area (Å²) in [5.41, 5.74) is 2.64. The molecule has 1 aliphatic rings. The third kappa shape index (κ3) is 2.83. The van der Waals surface area contributed by atoms with Crippen LogP contribution in [0.25, 0.3) is 0 Å². The van der Waals surface area contributed by atoms with E-state index in [1.807, 2.05) is 0 Å². The van der Waals surface area contributed by atoms with Crippen molar-refractivity contribution in [2.45, 2.75) is 32.4 Å². The molecular formula is C13H18N2O. The van der Waals surface area contributed by atoms with E-state index in [9.17, 15) is 4.79 Å². The van der Waals surface area contributed by atoms with Gasteiger partial charge in [0.1, 0.15) is 0 Å². The fourth-order valence-corrected chi connectivity index (χ4v) is 1.90. The van der Waals surface area contributed by atoms with Crippen molar-refractivity contribution in [2.75, 3.05) is 6.54 Å². The summed E-state index contributed by atoms with van der Waals surface area (Å²) in [6.07, 6.45) is 1.68. The average molecular weight is 218 g/mol. The number of carbonyl (C=O) groups excluding carboxylic acids is 1. The van der Waals surface area contributed by atoms with Gasteiger partial charge in [0.05, 0.1) is 0 Å². The Labute approximate surface area is 96.2 Å². The Hall–Kier alpha value is -1.35. The largest absolute Gasteiger partial charge is 0.354 e. The fourth-order valence-electron chi connectivity index (χ4n) is 1.90. The smallest absolute Gasteiger partial charge is 0.221 e. The van der Waals surface area contributed by atoms with Gasteiger partial charge in [-0.05, 0) is 17.5 Å². The second kappa shape index (κ2) is 5.12. The fraction of sp³-hybridized carbons (Fsp3) is 0.462. The van der Waals surface area contributed by atoms with Gasteiger partial charge in [0.15, 0.2) is 0 Å². The van der Waals surface area contributed by atoms with Gasteiger partial charge in [0, 0.05) is 25.6 Å². The Balaban J connectivity index is 1.82. The number of aryl methyl sites for hydroxylation is 1. The Bertz CT molecular complexity index is 359. The monoisotopic (exact) mass is 218 g/mol. The molecule has 86 valence electrons. The molecule has 3 heteroatoms. The SMILES string of the molecule is CCc1ccc(CNC2CNC(=O)C2)cc1. The number of benzene rings is 1. The summed E-state index contributed by atoms with van der Waals surface area (Å²) < 4.78 is 0. The molecule has 1 heterocycles. The molecule has 0 radical (unpaired) electrons. The summed E-state index contributed by atoms with van der Waals surface area (Å²) >= 11 is 0. The highest BCUT2D eigenvalue weighted by molar-refractivity contribution is 5.78. The zero-order valence-electron chi connectivity index (χ0n) is 9.62. The number of rotatable bonds is 4. The number of amides is 1. The van der Waals surface area contributed by atoms with Gasteiger partial charge in [-0.15, -0.1) is 0 Å². The standard InChI is InChI=1S/C13H18N2O/c1-2-10-3-5-11(6-4-10)8-14-12-7-13(16)15-9-12/h3-6,12,14H,2,7-9H2,1H3,(H,15,16). The van der Waals surface area contributed by atoms with Gasteiger partial charge in [-0.3, -0.25) is 4.79 Å². The Morgan fingerprint density at radius 3 is 2.56 bits per heavy atom. The first-order chi connectivity index (χ1) is 7.78. The second-order valence-electron chi connectivity index (χ2n) is 4.26. The van der Waals surface area contributed by atoms with Gasteiger partial charge in [-0.1, -0.05) is 31.2 Å². The van der Waals surface area contributed by atoms with E-state index in [-0.39, 0.29) is 5.91 Å². The van der Waals surface area contributed by atoms with Crippen molar-refractivity contribution < 1.29 is 4.79 Å². The van der Waals surface area contributed by atoms with Crippen LogP contribution < -0.4 is 10.6 Å². The molecule has 0 aromatic heterocycles. The van der Waals surface area contributed by atoms with Crippen LogP contribution in [0, 0.1) is 0 Å². The number of hydrogen-bond donors (Lipinski definition) is 2. The first-order valence-electron chi connectivity index (χ1n) is 5.86. The molecule has 0 aliphatic carbocycles. The Morgan fingerprint density at radius 2 is 2.00 bits per heavy atom. The maximum Gasteiger partial charge on any atom is 0.221 e. The molecule has 1 fully saturated rings. The van der Waals surface area contributed by atoms with Crippen LogP contribution in [0.1, 0.15) is 24.5 Å². The van der Waals surface area contributed by atoms with Crippen LogP contribution in [0.15, 0.2) is 24.3 Å². The minimum atomic E-state index is 0.152. The van der Waals surface area contributed by atoms with E-state index >= 15 is 0 Å². The Morgan fingerprint density at radius 1 is 1.31 bits per heavy atom. The van der Waals surface area contributed by atoms with Crippen molar-refractivity contribution in [3.05, 3.63) is 35.4 Å². The normalized spacial score (nSPS) is 19.8. The van der Waals surface area contributed by atoms with E-state index in [4.69, 9.17) is 0 Å². The summed E-state index contributed by atoms with van der Waals surface area (Å²) in [5.74, 6) is 0.152. The first-order valence-corrected chi connectivity index (χ1v) is 5.86. The van der Waals surface area contributed by atoms with Crippen molar-refractivity contribution in [1.82, 2.24) is 10.6 Å². The van der Waals surface area contributed by atoms with Crippen molar-refractivity contribution in [3.8, 4) is 0 Å². The van der Waals surface area contributed by atoms with Crippen LogP contribution in [-0.4, -0.2) is 18.5 Å². The average Bonchev–Trinajstić information content (AvgIpc) is 2.73. The van der Waals surface area contributed by atoms with E-state index in [1.165, 1.54) is 11.1 Å². The van der Waals surface area contributed by atoms with Crippen molar-refractivity contribution >= 4 is 5.91 Å². The highest BCUT2D eigenvalue weighted by atomic mass is 16.1. The summed E-state index contributed by atoms with van der Waals surface area (Å²) in [4.78, 5) is 11.0. The minimum absolute atomic E-state index is 0.152. The van der Waals surface area contributed by atoms with Gasteiger partial charge in [-0.2, -0.15) is 0 Å². The maximum atomic E-state index is 11.0. The summed E-state index contributed by atoms with van der Waals surface area (Å²) in [6, 6.07) is 8.91. The predicted molar refractivity (Wildman–Crippen MR) is 64.1 cm³/mol. The van der Waals surface area contributed by atoms with E-state index < -0.39 is 0 Å². The quantitative estimate of drug-likeness (QED) is 0.798. The van der Waals surface area contributed by atoms with Crippen LogP contribution in [0.3, 0.4) is 0 Å². The lowest BCUT2D eigenvalue weighted by molar-refractivity contribution is -0.119. The predicted octanol–water partition coefficient (Wildman–Crippen LogP) is 1.23. The maximum absolute atomic E-state index is 11.0. The molecular weight excluding hydrogens is 200 g/mol. The van der Waals surface area contributed by atoms with Crippen LogP contribution >= 0.6 is 0 Å². The first kappa shape index (κ1) is 11.1. The summed E-state index contributed by atoms with van der Waals surface area (Å²) in [5, 5.41) is 6.21. The molecule has 1 amide bonds. The van der Waals surface area contributed by atoms with Crippen molar-refractivity contribution in [3.63, 3.8) is 0 Å². The van der Waals surface area contributed by atoms with E-state index in [0.29, 0.717) is 12.5 Å². The molecule has 0 saturated carbocycles. The molecule has 1 atom stereocenters. The lowest BCUT2D eigenvalue weighted by Crippen LogP contribution is -2.30. The highest BCUT2D eigenvalue weighted by Gasteiger charge is 2.20. The van der Waals surface area contributed by atoms with Crippen LogP contribution in [0.4, 0.5) is 0 Å². The lowest BCUT2D eigenvalue weighted by Gasteiger charge is -2.10. The third-order valence-corrected chi connectivity index (χ3v) is 3.00. The molecule has 1 aliphatic heterocycles. The zero-order chi connectivity index (χ0) is 11.4. The molecule has 3 nitrogen and oxygen atoms in total. The molecule has 1 aromatic rings. The van der Waals surface area contributed by atoms with Gasteiger partial charge < -0.3 is 10.6 Å². The topological polar surface area (TPSA) is 41.1 Å². The molecule has 2 N–H and O–H groups in total. The van der Waals surface area contributed by atoms with Gasteiger partial charge in [0.25, 0.3) is 0 Å². The van der Waals surface area contributed by atoms with E-state index in [2.05, 4.69) is 41.8 Å². The zero-order valence-corrected chi connectivity index (χ0v) is 9.62. The molecule has 16 heavy (non-hydrogen) atoms. The van der Waals surface area contributed by atoms with Gasteiger partial charge in [-0.25, -0.2) is 0 Å². The molecule has 0 spiro atoms. The molecule has 1 unspecified atom stereocenters. The summed E-state index contributed by atoms with van der Waals surface area (Å²) in [6.45, 7) is 3.75. The molecule has 1 aromatic carbocycles. The lowest BCUT2D eigenvalue weighted by atomic mass is 10.1. The van der Waals surface area contributed by atoms with Crippen molar-refractivity contribution in [2.24, 2.45) is 0 Å². The van der Waals surface area contributed by atoms with Gasteiger partial charge in [0.2, 0.25) is 5.91 Å². The molecule has 0 bridgehead atoms. The summed E-state index contributed by atoms with van der Waals surface area (Å²) in [7, 11) is 0. The number of nitrogens with one attached hydrogen (secondary N) is 2. The number of carbonyl (C=O) groups is 1. The minimum Gasteiger partial charge on any atom is -0.354 e. The van der Waals surface area contributed by atoms with Crippen LogP contribution in [0.2, 0.25) is 0 Å². The number of hydrogen-bond acceptors (Lipinski definition) is 2. The highest BCUT2D eigenvalue weighted by Crippen LogP contribution is 2.06. The third-order valence-electron chi connectivity index (χ3n) is 3.00. The van der Waals surface area contributed by atoms with Crippen molar-refractivity contribution in [1.29, 1.82) is 0 Å². The van der Waals surface area contributed by atoms with Crippen LogP contribution in [-0.2, 0) is 17.8 Å². The van der Waals surface area contributed by atoms with E-state index in [0.717, 1.165) is 19.5 Å². The van der Waals surface area contributed by atoms with Crippen LogP contribution in [0.5, 0.6) is 0 Å². The molecule has 1 saturated heterocycles. The Kier molecular flexibility index (Phi) is 3.57. The molecule has 2 rings (SSSR count). The second-order valence-corrected chi connectivity index (χ2v) is 4.26. The van der Waals surface area contributed by atoms with E-state index in [1.54, 1.807) is 0 Å².